The molecule has 0 bridgehead atoms. The Morgan fingerprint density at radius 1 is 1.33 bits per heavy atom. The molecule has 1 aliphatic rings. The fourth-order valence-electron chi connectivity index (χ4n) is 2.24. The highest BCUT2D eigenvalue weighted by molar-refractivity contribution is 7.79. The smallest absolute Gasteiger partial charge is 0.153 e. The molecular formula is C16H13NO3S. The topological polar surface area (TPSA) is 59.4 Å². The van der Waals surface area contributed by atoms with E-state index >= 15 is 0 Å². The first kappa shape index (κ1) is 13.8. The number of nitrogens with zero attached hydrogens (tertiary/aromatic N) is 1. The van der Waals surface area contributed by atoms with Crippen LogP contribution >= 0.6 is 0 Å². The van der Waals surface area contributed by atoms with Crippen LogP contribution in [0.25, 0.3) is 0 Å². The molecule has 0 aliphatic carbocycles. The van der Waals surface area contributed by atoms with Gasteiger partial charge in [-0.3, -0.25) is 0 Å². The molecule has 0 amide bonds. The van der Waals surface area contributed by atoms with E-state index < -0.39 is 11.1 Å². The van der Waals surface area contributed by atoms with Crippen molar-refractivity contribution in [3.05, 3.63) is 59.4 Å². The van der Waals surface area contributed by atoms with Crippen molar-refractivity contribution in [2.24, 2.45) is 0 Å². The molecule has 3 rings (SSSR count). The molecule has 0 spiro atoms. The fraction of sp³-hybridized carbons (Fsp3) is 0.188. The summed E-state index contributed by atoms with van der Waals surface area (Å²) in [4.78, 5) is 4.14. The summed E-state index contributed by atoms with van der Waals surface area (Å²) >= 11 is -1.81. The van der Waals surface area contributed by atoms with E-state index in [4.69, 9.17) is 9.29 Å². The van der Waals surface area contributed by atoms with Crippen LogP contribution in [0.5, 0.6) is 5.75 Å². The predicted molar refractivity (Wildman–Crippen MR) is 80.5 cm³/mol. The summed E-state index contributed by atoms with van der Waals surface area (Å²) in [5, 5.41) is 0. The van der Waals surface area contributed by atoms with E-state index in [1.54, 1.807) is 6.20 Å². The van der Waals surface area contributed by atoms with Gasteiger partial charge in [-0.05, 0) is 30.2 Å². The maximum Gasteiger partial charge on any atom is 0.153 e. The standard InChI is InChI=1S/C16H13NO3S/c18-21(19)11-13-10-20-16-9-12(5-7-15(13)16)4-6-14-3-1-2-8-17-14/h1-3,5,7-9,13H,10-11H2,(H,18,19). The van der Waals surface area contributed by atoms with Crippen LogP contribution in [0.2, 0.25) is 0 Å². The molecule has 2 atom stereocenters. The van der Waals surface area contributed by atoms with Crippen LogP contribution in [-0.4, -0.2) is 26.1 Å². The van der Waals surface area contributed by atoms with E-state index in [0.29, 0.717) is 12.3 Å². The van der Waals surface area contributed by atoms with Crippen molar-refractivity contribution in [3.8, 4) is 17.6 Å². The third-order valence-electron chi connectivity index (χ3n) is 3.24. The Kier molecular flexibility index (Phi) is 4.00. The van der Waals surface area contributed by atoms with Crippen LogP contribution < -0.4 is 4.74 Å². The SMILES string of the molecule is O=S(O)CC1COc2cc(C#Cc3ccccn3)ccc21. The van der Waals surface area contributed by atoms with Gasteiger partial charge in [0, 0.05) is 23.2 Å². The number of hydrogen-bond donors (Lipinski definition) is 1. The van der Waals surface area contributed by atoms with Crippen LogP contribution in [0, 0.1) is 11.8 Å². The zero-order chi connectivity index (χ0) is 14.7. The second-order valence-corrected chi connectivity index (χ2v) is 5.69. The highest BCUT2D eigenvalue weighted by atomic mass is 32.2. The van der Waals surface area contributed by atoms with Gasteiger partial charge < -0.3 is 9.29 Å². The quantitative estimate of drug-likeness (QED) is 0.682. The molecule has 2 unspecified atom stereocenters. The summed E-state index contributed by atoms with van der Waals surface area (Å²) < 4.78 is 25.5. The minimum Gasteiger partial charge on any atom is -0.493 e. The average molecular weight is 299 g/mol. The number of ether oxygens (including phenoxy) is 1. The molecule has 4 nitrogen and oxygen atoms in total. The molecule has 0 saturated heterocycles. The lowest BCUT2D eigenvalue weighted by molar-refractivity contribution is 0.337. The Hall–Kier alpha value is -2.16. The first-order valence-corrected chi connectivity index (χ1v) is 7.77. The predicted octanol–water partition coefficient (Wildman–Crippen LogP) is 2.18. The number of fused-ring (bicyclic) bond motifs is 1. The van der Waals surface area contributed by atoms with E-state index in [1.807, 2.05) is 36.4 Å². The molecular weight excluding hydrogens is 286 g/mol. The largest absolute Gasteiger partial charge is 0.493 e. The van der Waals surface area contributed by atoms with Gasteiger partial charge in [0.15, 0.2) is 11.1 Å². The van der Waals surface area contributed by atoms with Gasteiger partial charge in [0.25, 0.3) is 0 Å². The van der Waals surface area contributed by atoms with Crippen LogP contribution in [0.15, 0.2) is 42.6 Å². The zero-order valence-corrected chi connectivity index (χ0v) is 12.0. The summed E-state index contributed by atoms with van der Waals surface area (Å²) in [5.41, 5.74) is 2.53. The number of benzene rings is 1. The maximum atomic E-state index is 10.9. The normalized spacial score (nSPS) is 17.3. The molecule has 21 heavy (non-hydrogen) atoms. The summed E-state index contributed by atoms with van der Waals surface area (Å²) in [6.45, 7) is 0.443. The summed E-state index contributed by atoms with van der Waals surface area (Å²) in [5.74, 6) is 6.96. The lowest BCUT2D eigenvalue weighted by Gasteiger charge is -2.04. The molecule has 2 heterocycles. The van der Waals surface area contributed by atoms with Gasteiger partial charge in [-0.1, -0.05) is 18.1 Å². The first-order valence-electron chi connectivity index (χ1n) is 6.49. The van der Waals surface area contributed by atoms with E-state index in [1.165, 1.54) is 0 Å². The van der Waals surface area contributed by atoms with Gasteiger partial charge in [0.1, 0.15) is 11.4 Å². The molecule has 1 N–H and O–H groups in total. The van der Waals surface area contributed by atoms with Gasteiger partial charge in [-0.25, -0.2) is 9.19 Å². The highest BCUT2D eigenvalue weighted by Crippen LogP contribution is 2.34. The number of pyridine rings is 1. The Labute approximate surface area is 125 Å². The molecule has 0 fully saturated rings. The molecule has 1 aromatic heterocycles. The van der Waals surface area contributed by atoms with Gasteiger partial charge in [0.2, 0.25) is 0 Å². The van der Waals surface area contributed by atoms with Gasteiger partial charge in [0.05, 0.1) is 12.4 Å². The van der Waals surface area contributed by atoms with Crippen LogP contribution in [0.1, 0.15) is 22.7 Å². The lowest BCUT2D eigenvalue weighted by atomic mass is 10.0. The first-order chi connectivity index (χ1) is 10.2. The molecule has 1 aromatic carbocycles. The van der Waals surface area contributed by atoms with E-state index in [9.17, 15) is 4.21 Å². The van der Waals surface area contributed by atoms with Gasteiger partial charge in [-0.15, -0.1) is 0 Å². The van der Waals surface area contributed by atoms with Crippen molar-refractivity contribution in [2.45, 2.75) is 5.92 Å². The third kappa shape index (κ3) is 3.30. The van der Waals surface area contributed by atoms with E-state index in [0.717, 1.165) is 16.9 Å². The van der Waals surface area contributed by atoms with E-state index in [2.05, 4.69) is 16.8 Å². The van der Waals surface area contributed by atoms with Crippen molar-refractivity contribution in [2.75, 3.05) is 12.4 Å². The summed E-state index contributed by atoms with van der Waals surface area (Å²) in [7, 11) is 0. The van der Waals surface area contributed by atoms with Gasteiger partial charge in [-0.2, -0.15) is 0 Å². The van der Waals surface area contributed by atoms with Crippen LogP contribution in [0.3, 0.4) is 0 Å². The Morgan fingerprint density at radius 2 is 2.24 bits per heavy atom. The average Bonchev–Trinajstić information content (AvgIpc) is 2.88. The second kappa shape index (κ2) is 6.08. The monoisotopic (exact) mass is 299 g/mol. The summed E-state index contributed by atoms with van der Waals surface area (Å²) in [6, 6.07) is 11.3. The maximum absolute atomic E-state index is 10.9. The molecule has 0 radical (unpaired) electrons. The van der Waals surface area contributed by atoms with Crippen molar-refractivity contribution >= 4 is 11.1 Å². The number of hydrogen-bond acceptors (Lipinski definition) is 3. The highest BCUT2D eigenvalue weighted by Gasteiger charge is 2.25. The lowest BCUT2D eigenvalue weighted by Crippen LogP contribution is -2.10. The molecule has 106 valence electrons. The molecule has 1 aliphatic heterocycles. The van der Waals surface area contributed by atoms with Gasteiger partial charge >= 0.3 is 0 Å². The Balaban J connectivity index is 1.82. The van der Waals surface area contributed by atoms with Crippen molar-refractivity contribution in [1.82, 2.24) is 4.98 Å². The van der Waals surface area contributed by atoms with E-state index in [-0.39, 0.29) is 11.7 Å². The van der Waals surface area contributed by atoms with Crippen LogP contribution in [-0.2, 0) is 11.1 Å². The fourth-order valence-corrected chi connectivity index (χ4v) is 2.86. The minimum absolute atomic E-state index is 0.0244. The van der Waals surface area contributed by atoms with Crippen molar-refractivity contribution < 1.29 is 13.5 Å². The molecule has 0 saturated carbocycles. The van der Waals surface area contributed by atoms with Crippen molar-refractivity contribution in [3.63, 3.8) is 0 Å². The number of aromatic nitrogens is 1. The Bertz CT molecular complexity index is 734. The molecule has 2 aromatic rings. The molecule has 5 heteroatoms. The number of rotatable bonds is 2. The third-order valence-corrected chi connectivity index (χ3v) is 3.92. The van der Waals surface area contributed by atoms with Crippen LogP contribution in [0.4, 0.5) is 0 Å². The minimum atomic E-state index is -1.81. The second-order valence-electron chi connectivity index (χ2n) is 4.71. The zero-order valence-electron chi connectivity index (χ0n) is 11.2. The summed E-state index contributed by atoms with van der Waals surface area (Å²) in [6.07, 6.45) is 1.70. The Morgan fingerprint density at radius 3 is 3.00 bits per heavy atom. The van der Waals surface area contributed by atoms with Crippen molar-refractivity contribution in [1.29, 1.82) is 0 Å².